The van der Waals surface area contributed by atoms with E-state index in [4.69, 9.17) is 4.74 Å². The highest BCUT2D eigenvalue weighted by atomic mass is 79.9. The van der Waals surface area contributed by atoms with Crippen molar-refractivity contribution in [3.05, 3.63) is 66.8 Å². The summed E-state index contributed by atoms with van der Waals surface area (Å²) in [6.45, 7) is 0.101. The van der Waals surface area contributed by atoms with Gasteiger partial charge in [0.2, 0.25) is 0 Å². The summed E-state index contributed by atoms with van der Waals surface area (Å²) in [6.07, 6.45) is 0. The second-order valence-corrected chi connectivity index (χ2v) is 5.58. The number of halogens is 3. The Labute approximate surface area is 131 Å². The Morgan fingerprint density at radius 1 is 1.20 bits per heavy atom. The van der Waals surface area contributed by atoms with Crippen molar-refractivity contribution in [3.8, 4) is 5.75 Å². The molecule has 0 fully saturated rings. The molecule has 2 rings (SSSR count). The molecule has 0 amide bonds. The van der Waals surface area contributed by atoms with E-state index in [1.165, 1.54) is 0 Å². The van der Waals surface area contributed by atoms with Gasteiger partial charge in [-0.1, -0.05) is 34.1 Å². The molecule has 0 aliphatic heterocycles. The Morgan fingerprint density at radius 3 is 2.55 bits per heavy atom. The van der Waals surface area contributed by atoms with Crippen LogP contribution in [-0.2, 0) is 6.61 Å². The smallest absolute Gasteiger partial charge is 0.312 e. The standard InChI is InChI=1S/C13H8Br2FNO3/c14-9-4-2-1-3-8(9)7-20-13-6-11(16)10(15)5-12(13)17(18)19/h1-6H,7H2. The molecule has 104 valence electrons. The summed E-state index contributed by atoms with van der Waals surface area (Å²) < 4.78 is 19.7. The van der Waals surface area contributed by atoms with Gasteiger partial charge >= 0.3 is 5.69 Å². The maximum atomic E-state index is 13.5. The van der Waals surface area contributed by atoms with E-state index in [-0.39, 0.29) is 22.5 Å². The first-order chi connectivity index (χ1) is 9.49. The molecule has 0 saturated heterocycles. The van der Waals surface area contributed by atoms with Gasteiger partial charge in [0.25, 0.3) is 0 Å². The van der Waals surface area contributed by atoms with Crippen LogP contribution in [0.15, 0.2) is 45.3 Å². The topological polar surface area (TPSA) is 52.4 Å². The van der Waals surface area contributed by atoms with Crippen molar-refractivity contribution in [2.75, 3.05) is 0 Å². The zero-order valence-electron chi connectivity index (χ0n) is 9.98. The average molecular weight is 405 g/mol. The van der Waals surface area contributed by atoms with Crippen LogP contribution in [0.2, 0.25) is 0 Å². The highest BCUT2D eigenvalue weighted by Crippen LogP contribution is 2.33. The second-order valence-electron chi connectivity index (χ2n) is 3.87. The van der Waals surface area contributed by atoms with Crippen LogP contribution in [0.5, 0.6) is 5.75 Å². The lowest BCUT2D eigenvalue weighted by molar-refractivity contribution is -0.386. The molecule has 0 aliphatic rings. The first-order valence-electron chi connectivity index (χ1n) is 5.48. The van der Waals surface area contributed by atoms with Gasteiger partial charge in [0, 0.05) is 22.2 Å². The van der Waals surface area contributed by atoms with Gasteiger partial charge in [-0.25, -0.2) is 4.39 Å². The number of nitrogens with zero attached hydrogens (tertiary/aromatic N) is 1. The van der Waals surface area contributed by atoms with Gasteiger partial charge < -0.3 is 4.74 Å². The quantitative estimate of drug-likeness (QED) is 0.541. The Hall–Kier alpha value is -1.47. The van der Waals surface area contributed by atoms with Crippen molar-refractivity contribution in [2.24, 2.45) is 0 Å². The van der Waals surface area contributed by atoms with Gasteiger partial charge in [-0.05, 0) is 22.0 Å². The van der Waals surface area contributed by atoms with Gasteiger partial charge in [-0.2, -0.15) is 0 Å². The highest BCUT2D eigenvalue weighted by Gasteiger charge is 2.19. The molecule has 0 N–H and O–H groups in total. The predicted octanol–water partition coefficient (Wildman–Crippen LogP) is 4.84. The minimum atomic E-state index is -0.613. The zero-order valence-corrected chi connectivity index (χ0v) is 13.1. The van der Waals surface area contributed by atoms with E-state index in [9.17, 15) is 14.5 Å². The monoisotopic (exact) mass is 403 g/mol. The normalized spacial score (nSPS) is 10.3. The number of hydrogen-bond acceptors (Lipinski definition) is 3. The van der Waals surface area contributed by atoms with Crippen LogP contribution in [0.25, 0.3) is 0 Å². The molecule has 0 radical (unpaired) electrons. The molecule has 0 aromatic heterocycles. The lowest BCUT2D eigenvalue weighted by atomic mass is 10.2. The zero-order chi connectivity index (χ0) is 14.7. The van der Waals surface area contributed by atoms with Gasteiger partial charge in [0.05, 0.1) is 9.40 Å². The largest absolute Gasteiger partial charge is 0.482 e. The van der Waals surface area contributed by atoms with Crippen molar-refractivity contribution in [1.82, 2.24) is 0 Å². The van der Waals surface area contributed by atoms with Crippen LogP contribution >= 0.6 is 31.9 Å². The van der Waals surface area contributed by atoms with Gasteiger partial charge in [-0.3, -0.25) is 10.1 Å². The molecule has 0 aliphatic carbocycles. The number of rotatable bonds is 4. The molecule has 0 heterocycles. The van der Waals surface area contributed by atoms with Crippen LogP contribution in [0.1, 0.15) is 5.56 Å². The first-order valence-corrected chi connectivity index (χ1v) is 7.07. The Bertz CT molecular complexity index is 664. The summed E-state index contributed by atoms with van der Waals surface area (Å²) in [5, 5.41) is 10.9. The lowest BCUT2D eigenvalue weighted by Crippen LogP contribution is -2.00. The summed E-state index contributed by atoms with van der Waals surface area (Å²) >= 11 is 6.26. The SMILES string of the molecule is O=[N+]([O-])c1cc(Br)c(F)cc1OCc1ccccc1Br. The molecule has 0 bridgehead atoms. The molecule has 0 atom stereocenters. The molecular formula is C13H8Br2FNO3. The fourth-order valence-electron chi connectivity index (χ4n) is 1.55. The van der Waals surface area contributed by atoms with E-state index >= 15 is 0 Å². The second kappa shape index (κ2) is 6.32. The molecule has 2 aromatic rings. The molecule has 4 nitrogen and oxygen atoms in total. The number of ether oxygens (including phenoxy) is 1. The summed E-state index contributed by atoms with van der Waals surface area (Å²) in [5.74, 6) is -0.718. The van der Waals surface area contributed by atoms with Crippen molar-refractivity contribution < 1.29 is 14.1 Å². The number of hydrogen-bond donors (Lipinski definition) is 0. The third-order valence-electron chi connectivity index (χ3n) is 2.54. The maximum absolute atomic E-state index is 13.5. The fraction of sp³-hybridized carbons (Fsp3) is 0.0769. The maximum Gasteiger partial charge on any atom is 0.312 e. The van der Waals surface area contributed by atoms with Crippen molar-refractivity contribution in [1.29, 1.82) is 0 Å². The number of nitro benzene ring substituents is 1. The van der Waals surface area contributed by atoms with Crippen LogP contribution in [0.4, 0.5) is 10.1 Å². The third kappa shape index (κ3) is 3.34. The predicted molar refractivity (Wildman–Crippen MR) is 79.2 cm³/mol. The molecule has 0 saturated carbocycles. The molecule has 7 heteroatoms. The van der Waals surface area contributed by atoms with Gasteiger partial charge in [-0.15, -0.1) is 0 Å². The number of benzene rings is 2. The molecule has 0 unspecified atom stereocenters. The van der Waals surface area contributed by atoms with Crippen LogP contribution in [0.3, 0.4) is 0 Å². The van der Waals surface area contributed by atoms with Gasteiger partial charge in [0.15, 0.2) is 5.75 Å². The van der Waals surface area contributed by atoms with Crippen molar-refractivity contribution >= 4 is 37.5 Å². The van der Waals surface area contributed by atoms with Crippen LogP contribution in [0, 0.1) is 15.9 Å². The minimum Gasteiger partial charge on any atom is -0.482 e. The summed E-state index contributed by atoms with van der Waals surface area (Å²) in [7, 11) is 0. The molecular weight excluding hydrogens is 397 g/mol. The van der Waals surface area contributed by atoms with E-state index in [2.05, 4.69) is 31.9 Å². The Kier molecular flexibility index (Phi) is 4.72. The van der Waals surface area contributed by atoms with Crippen molar-refractivity contribution in [3.63, 3.8) is 0 Å². The fourth-order valence-corrected chi connectivity index (χ4v) is 2.28. The van der Waals surface area contributed by atoms with E-state index in [0.717, 1.165) is 22.2 Å². The summed E-state index contributed by atoms with van der Waals surface area (Å²) in [5.41, 5.74) is 0.524. The molecule has 2 aromatic carbocycles. The minimum absolute atomic E-state index is 0.0254. The van der Waals surface area contributed by atoms with Crippen molar-refractivity contribution in [2.45, 2.75) is 6.61 Å². The van der Waals surface area contributed by atoms with Crippen LogP contribution < -0.4 is 4.74 Å². The highest BCUT2D eigenvalue weighted by molar-refractivity contribution is 9.10. The van der Waals surface area contributed by atoms with E-state index in [0.29, 0.717) is 0 Å². The van der Waals surface area contributed by atoms with Gasteiger partial charge in [0.1, 0.15) is 12.4 Å². The molecule has 0 spiro atoms. The number of nitro groups is 1. The first kappa shape index (κ1) is 14.9. The third-order valence-corrected chi connectivity index (χ3v) is 3.92. The van der Waals surface area contributed by atoms with E-state index in [1.54, 1.807) is 0 Å². The van der Waals surface area contributed by atoms with E-state index < -0.39 is 10.7 Å². The van der Waals surface area contributed by atoms with Crippen LogP contribution in [-0.4, -0.2) is 4.92 Å². The average Bonchev–Trinajstić information content (AvgIpc) is 2.41. The van der Waals surface area contributed by atoms with E-state index in [1.807, 2.05) is 24.3 Å². The summed E-state index contributed by atoms with van der Waals surface area (Å²) in [4.78, 5) is 10.3. The molecule has 20 heavy (non-hydrogen) atoms. The summed E-state index contributed by atoms with van der Waals surface area (Å²) in [6, 6.07) is 9.39. The Morgan fingerprint density at radius 2 is 1.90 bits per heavy atom. The Balaban J connectivity index is 2.27. The lowest BCUT2D eigenvalue weighted by Gasteiger charge is -2.09.